The van der Waals surface area contributed by atoms with Gasteiger partial charge in [0, 0.05) is 18.1 Å². The van der Waals surface area contributed by atoms with Gasteiger partial charge in [0.05, 0.1) is 11.6 Å². The van der Waals surface area contributed by atoms with E-state index in [0.29, 0.717) is 5.92 Å². The molecule has 1 unspecified atom stereocenters. The third kappa shape index (κ3) is 1.20. The second-order valence-electron chi connectivity index (χ2n) is 3.12. The van der Waals surface area contributed by atoms with Gasteiger partial charge in [-0.2, -0.15) is 5.10 Å². The number of amidine groups is 1. The minimum Gasteiger partial charge on any atom is -0.297 e. The fourth-order valence-corrected chi connectivity index (χ4v) is 1.82. The zero-order chi connectivity index (χ0) is 8.72. The molecule has 0 bridgehead atoms. The maximum atomic E-state index is 4.39. The van der Waals surface area contributed by atoms with Gasteiger partial charge in [-0.3, -0.25) is 5.01 Å². The molecular formula is C8H10BrN3. The van der Waals surface area contributed by atoms with Gasteiger partial charge in [-0.15, -0.1) is 0 Å². The van der Waals surface area contributed by atoms with Crippen molar-refractivity contribution < 1.29 is 0 Å². The molecule has 2 aliphatic heterocycles. The summed E-state index contributed by atoms with van der Waals surface area (Å²) in [4.78, 5) is 4.39. The van der Waals surface area contributed by atoms with Gasteiger partial charge in [0.25, 0.3) is 0 Å². The second kappa shape index (κ2) is 2.69. The third-order valence-electron chi connectivity index (χ3n) is 2.04. The van der Waals surface area contributed by atoms with Crippen LogP contribution in [0.3, 0.4) is 0 Å². The van der Waals surface area contributed by atoms with Gasteiger partial charge in [0.1, 0.15) is 0 Å². The number of rotatable bonds is 0. The van der Waals surface area contributed by atoms with E-state index in [1.165, 1.54) is 0 Å². The van der Waals surface area contributed by atoms with E-state index in [4.69, 9.17) is 0 Å². The van der Waals surface area contributed by atoms with Crippen molar-refractivity contribution >= 4 is 27.5 Å². The van der Waals surface area contributed by atoms with E-state index in [-0.39, 0.29) is 0 Å². The van der Waals surface area contributed by atoms with Crippen molar-refractivity contribution in [1.29, 1.82) is 0 Å². The van der Waals surface area contributed by atoms with Gasteiger partial charge in [-0.1, -0.05) is 6.08 Å². The lowest BCUT2D eigenvalue weighted by Crippen LogP contribution is -2.18. The fraction of sp³-hybridized carbons (Fsp3) is 0.500. The van der Waals surface area contributed by atoms with E-state index in [1.807, 2.05) is 19.0 Å². The van der Waals surface area contributed by atoms with Crippen LogP contribution in [0.15, 0.2) is 20.7 Å². The Kier molecular flexibility index (Phi) is 1.79. The first-order chi connectivity index (χ1) is 5.66. The SMILES string of the molecule is CC1=NC2=NN(C)CC2C=C1Br. The van der Waals surface area contributed by atoms with Gasteiger partial charge in [0.2, 0.25) is 0 Å². The number of hydrazone groups is 1. The molecule has 0 fully saturated rings. The van der Waals surface area contributed by atoms with Gasteiger partial charge in [-0.05, 0) is 22.9 Å². The summed E-state index contributed by atoms with van der Waals surface area (Å²) in [5.74, 6) is 1.33. The quantitative estimate of drug-likeness (QED) is 0.619. The highest BCUT2D eigenvalue weighted by atomic mass is 79.9. The summed E-state index contributed by atoms with van der Waals surface area (Å²) in [5, 5.41) is 6.22. The zero-order valence-corrected chi connectivity index (χ0v) is 8.67. The Morgan fingerprint density at radius 1 is 1.67 bits per heavy atom. The van der Waals surface area contributed by atoms with E-state index in [0.717, 1.165) is 22.6 Å². The Balaban J connectivity index is 2.35. The molecule has 0 saturated heterocycles. The molecule has 0 aromatic carbocycles. The average Bonchev–Trinajstić information content (AvgIpc) is 2.30. The molecule has 2 heterocycles. The average molecular weight is 228 g/mol. The molecule has 12 heavy (non-hydrogen) atoms. The molecule has 0 radical (unpaired) electrons. The van der Waals surface area contributed by atoms with Crippen molar-refractivity contribution in [3.8, 4) is 0 Å². The highest BCUT2D eigenvalue weighted by Gasteiger charge is 2.26. The van der Waals surface area contributed by atoms with Gasteiger partial charge >= 0.3 is 0 Å². The summed E-state index contributed by atoms with van der Waals surface area (Å²) >= 11 is 3.47. The minimum atomic E-state index is 0.382. The van der Waals surface area contributed by atoms with E-state index < -0.39 is 0 Å². The van der Waals surface area contributed by atoms with E-state index >= 15 is 0 Å². The predicted octanol–water partition coefficient (Wildman–Crippen LogP) is 1.61. The smallest absolute Gasteiger partial charge is 0.157 e. The van der Waals surface area contributed by atoms with Crippen LogP contribution in [0.25, 0.3) is 0 Å². The second-order valence-corrected chi connectivity index (χ2v) is 3.97. The number of aliphatic imine (C=N–C) groups is 1. The number of hydrogen-bond donors (Lipinski definition) is 0. The Hall–Kier alpha value is -0.640. The predicted molar refractivity (Wildman–Crippen MR) is 53.7 cm³/mol. The summed E-state index contributed by atoms with van der Waals surface area (Å²) in [6.07, 6.45) is 2.17. The Labute approximate surface area is 80.0 Å². The fourth-order valence-electron chi connectivity index (χ4n) is 1.41. The first-order valence-corrected chi connectivity index (χ1v) is 4.69. The number of fused-ring (bicyclic) bond motifs is 1. The monoisotopic (exact) mass is 227 g/mol. The maximum absolute atomic E-state index is 4.39. The van der Waals surface area contributed by atoms with Crippen LogP contribution in [0.1, 0.15) is 6.92 Å². The number of nitrogens with zero attached hydrogens (tertiary/aromatic N) is 3. The molecule has 0 aromatic rings. The lowest BCUT2D eigenvalue weighted by atomic mass is 10.1. The van der Waals surface area contributed by atoms with E-state index in [9.17, 15) is 0 Å². The molecule has 0 N–H and O–H groups in total. The zero-order valence-electron chi connectivity index (χ0n) is 7.08. The van der Waals surface area contributed by atoms with Crippen LogP contribution in [-0.4, -0.2) is 30.1 Å². The van der Waals surface area contributed by atoms with Crippen LogP contribution in [0.4, 0.5) is 0 Å². The normalized spacial score (nSPS) is 27.8. The molecule has 2 aliphatic rings. The largest absolute Gasteiger partial charge is 0.297 e. The van der Waals surface area contributed by atoms with Gasteiger partial charge in [0.15, 0.2) is 5.84 Å². The van der Waals surface area contributed by atoms with Crippen molar-refractivity contribution in [2.24, 2.45) is 16.0 Å². The maximum Gasteiger partial charge on any atom is 0.157 e. The van der Waals surface area contributed by atoms with Crippen molar-refractivity contribution in [2.75, 3.05) is 13.6 Å². The molecule has 0 aliphatic carbocycles. The van der Waals surface area contributed by atoms with Crippen LogP contribution < -0.4 is 0 Å². The first-order valence-electron chi connectivity index (χ1n) is 3.89. The number of dihydropyridines is 1. The molecule has 0 aromatic heterocycles. The van der Waals surface area contributed by atoms with Crippen molar-refractivity contribution in [3.05, 3.63) is 10.6 Å². The summed E-state index contributed by atoms with van der Waals surface area (Å²) in [6.45, 7) is 2.93. The van der Waals surface area contributed by atoms with Gasteiger partial charge < -0.3 is 0 Å². The number of halogens is 1. The highest BCUT2D eigenvalue weighted by molar-refractivity contribution is 9.12. The summed E-state index contributed by atoms with van der Waals surface area (Å²) in [7, 11) is 1.97. The minimum absolute atomic E-state index is 0.382. The third-order valence-corrected chi connectivity index (χ3v) is 2.88. The van der Waals surface area contributed by atoms with E-state index in [1.54, 1.807) is 0 Å². The van der Waals surface area contributed by atoms with Crippen LogP contribution in [0.2, 0.25) is 0 Å². The molecular weight excluding hydrogens is 218 g/mol. The molecule has 0 spiro atoms. The van der Waals surface area contributed by atoms with Crippen molar-refractivity contribution in [2.45, 2.75) is 6.92 Å². The topological polar surface area (TPSA) is 28.0 Å². The lowest BCUT2D eigenvalue weighted by molar-refractivity contribution is 0.376. The standard InChI is InChI=1S/C8H10BrN3/c1-5-7(9)3-6-4-12(2)11-8(6)10-5/h3,6H,4H2,1-2H3. The highest BCUT2D eigenvalue weighted by Crippen LogP contribution is 2.24. The first kappa shape index (κ1) is 7.98. The Morgan fingerprint density at radius 2 is 2.42 bits per heavy atom. The molecule has 0 saturated carbocycles. The summed E-state index contributed by atoms with van der Waals surface area (Å²) in [6, 6.07) is 0. The molecule has 1 atom stereocenters. The van der Waals surface area contributed by atoms with Crippen LogP contribution in [0.5, 0.6) is 0 Å². The Morgan fingerprint density at radius 3 is 3.17 bits per heavy atom. The summed E-state index contributed by atoms with van der Waals surface area (Å²) < 4.78 is 1.10. The van der Waals surface area contributed by atoms with Crippen molar-refractivity contribution in [1.82, 2.24) is 5.01 Å². The summed E-state index contributed by atoms with van der Waals surface area (Å²) in [5.41, 5.74) is 1.01. The number of hydrogen-bond acceptors (Lipinski definition) is 3. The molecule has 3 nitrogen and oxygen atoms in total. The van der Waals surface area contributed by atoms with Crippen LogP contribution >= 0.6 is 15.9 Å². The Bertz CT molecular complexity index is 303. The number of allylic oxidation sites excluding steroid dienone is 1. The van der Waals surface area contributed by atoms with Gasteiger partial charge in [-0.25, -0.2) is 4.99 Å². The molecule has 4 heteroatoms. The van der Waals surface area contributed by atoms with Crippen molar-refractivity contribution in [3.63, 3.8) is 0 Å². The molecule has 0 amide bonds. The van der Waals surface area contributed by atoms with E-state index in [2.05, 4.69) is 32.1 Å². The van der Waals surface area contributed by atoms with Crippen LogP contribution in [0, 0.1) is 5.92 Å². The lowest BCUT2D eigenvalue weighted by Gasteiger charge is -2.11. The molecule has 64 valence electrons. The molecule has 2 rings (SSSR count). The van der Waals surface area contributed by atoms with Crippen LogP contribution in [-0.2, 0) is 0 Å².